The lowest BCUT2D eigenvalue weighted by molar-refractivity contribution is 0.326. The van der Waals surface area contributed by atoms with Crippen LogP contribution in [-0.4, -0.2) is 26.8 Å². The highest BCUT2D eigenvalue weighted by Crippen LogP contribution is 2.22. The first kappa shape index (κ1) is 15.5. The zero-order chi connectivity index (χ0) is 14.4. The van der Waals surface area contributed by atoms with Crippen LogP contribution in [0.3, 0.4) is 0 Å². The molecule has 0 radical (unpaired) electrons. The maximum absolute atomic E-state index is 12.0. The Morgan fingerprint density at radius 3 is 2.40 bits per heavy atom. The highest BCUT2D eigenvalue weighted by atomic mass is 32.2. The van der Waals surface area contributed by atoms with E-state index in [9.17, 15) is 8.42 Å². The molecule has 0 unspecified atom stereocenters. The largest absolute Gasteiger partial charge is 0.328 e. The first-order chi connectivity index (χ1) is 9.55. The van der Waals surface area contributed by atoms with Gasteiger partial charge in [0.1, 0.15) is 0 Å². The molecule has 5 heteroatoms. The monoisotopic (exact) mass is 296 g/mol. The molecule has 1 saturated carbocycles. The van der Waals surface area contributed by atoms with Gasteiger partial charge in [-0.3, -0.25) is 0 Å². The van der Waals surface area contributed by atoms with Crippen LogP contribution in [0.4, 0.5) is 0 Å². The van der Waals surface area contributed by atoms with Crippen LogP contribution in [0.2, 0.25) is 0 Å². The molecule has 3 N–H and O–H groups in total. The number of sulfonamides is 1. The normalized spacial score (nSPS) is 23.6. The third-order valence-electron chi connectivity index (χ3n) is 3.99. The van der Waals surface area contributed by atoms with Crippen LogP contribution in [0.15, 0.2) is 30.3 Å². The Morgan fingerprint density at radius 2 is 1.75 bits per heavy atom. The zero-order valence-electron chi connectivity index (χ0n) is 11.8. The molecule has 0 heterocycles. The van der Waals surface area contributed by atoms with E-state index in [0.717, 1.165) is 31.2 Å². The molecular formula is C15H24N2O2S. The standard InChI is InChI=1S/C15H24N2O2S/c16-15-8-6-14(7-9-15)12-17-20(18,19)11-10-13-4-2-1-3-5-13/h1-5,14-15,17H,6-12,16H2. The lowest BCUT2D eigenvalue weighted by atomic mass is 9.87. The van der Waals surface area contributed by atoms with E-state index in [-0.39, 0.29) is 5.75 Å². The molecule has 0 bridgehead atoms. The van der Waals surface area contributed by atoms with Crippen molar-refractivity contribution in [1.82, 2.24) is 4.72 Å². The van der Waals surface area contributed by atoms with Gasteiger partial charge < -0.3 is 5.73 Å². The minimum absolute atomic E-state index is 0.156. The van der Waals surface area contributed by atoms with Crippen molar-refractivity contribution < 1.29 is 8.42 Å². The molecule has 112 valence electrons. The number of benzene rings is 1. The van der Waals surface area contributed by atoms with E-state index in [4.69, 9.17) is 5.73 Å². The van der Waals surface area contributed by atoms with Gasteiger partial charge in [0, 0.05) is 12.6 Å². The van der Waals surface area contributed by atoms with Gasteiger partial charge in [0.2, 0.25) is 10.0 Å². The Hall–Kier alpha value is -0.910. The second kappa shape index (κ2) is 7.20. The van der Waals surface area contributed by atoms with Crippen molar-refractivity contribution >= 4 is 10.0 Å². The fourth-order valence-corrected chi connectivity index (χ4v) is 3.74. The second-order valence-electron chi connectivity index (χ2n) is 5.68. The molecule has 4 nitrogen and oxygen atoms in total. The Balaban J connectivity index is 1.74. The van der Waals surface area contributed by atoms with Crippen LogP contribution < -0.4 is 10.5 Å². The molecule has 1 aliphatic carbocycles. The molecule has 0 amide bonds. The lowest BCUT2D eigenvalue weighted by Crippen LogP contribution is -2.35. The molecule has 0 atom stereocenters. The van der Waals surface area contributed by atoms with Crippen molar-refractivity contribution in [2.75, 3.05) is 12.3 Å². The summed E-state index contributed by atoms with van der Waals surface area (Å²) >= 11 is 0. The quantitative estimate of drug-likeness (QED) is 0.838. The number of aryl methyl sites for hydroxylation is 1. The van der Waals surface area contributed by atoms with E-state index in [2.05, 4.69) is 4.72 Å². The van der Waals surface area contributed by atoms with E-state index in [1.807, 2.05) is 30.3 Å². The molecule has 1 aromatic rings. The SMILES string of the molecule is NC1CCC(CNS(=O)(=O)CCc2ccccc2)CC1. The predicted molar refractivity (Wildman–Crippen MR) is 81.9 cm³/mol. The minimum atomic E-state index is -3.17. The third kappa shape index (κ3) is 5.23. The van der Waals surface area contributed by atoms with Crippen molar-refractivity contribution in [3.05, 3.63) is 35.9 Å². The van der Waals surface area contributed by atoms with Gasteiger partial charge >= 0.3 is 0 Å². The molecule has 0 saturated heterocycles. The van der Waals surface area contributed by atoms with Crippen LogP contribution in [0, 0.1) is 5.92 Å². The van der Waals surface area contributed by atoms with Gasteiger partial charge in [-0.05, 0) is 43.6 Å². The molecule has 0 aromatic heterocycles. The molecule has 0 spiro atoms. The van der Waals surface area contributed by atoms with Crippen LogP contribution in [0.25, 0.3) is 0 Å². The number of hydrogen-bond donors (Lipinski definition) is 2. The Morgan fingerprint density at radius 1 is 1.10 bits per heavy atom. The fraction of sp³-hybridized carbons (Fsp3) is 0.600. The van der Waals surface area contributed by atoms with E-state index >= 15 is 0 Å². The maximum Gasteiger partial charge on any atom is 0.211 e. The summed E-state index contributed by atoms with van der Waals surface area (Å²) in [7, 11) is -3.17. The van der Waals surface area contributed by atoms with Gasteiger partial charge in [0.25, 0.3) is 0 Å². The first-order valence-corrected chi connectivity index (χ1v) is 8.97. The summed E-state index contributed by atoms with van der Waals surface area (Å²) in [5.41, 5.74) is 6.91. The average Bonchev–Trinajstić information content (AvgIpc) is 2.46. The van der Waals surface area contributed by atoms with Crippen molar-refractivity contribution in [2.24, 2.45) is 11.7 Å². The summed E-state index contributed by atoms with van der Waals surface area (Å²) in [5.74, 6) is 0.602. The summed E-state index contributed by atoms with van der Waals surface area (Å²) < 4.78 is 26.7. The predicted octanol–water partition coefficient (Wildman–Crippen LogP) is 1.67. The van der Waals surface area contributed by atoms with E-state index in [1.54, 1.807) is 0 Å². The molecule has 0 aliphatic heterocycles. The van der Waals surface area contributed by atoms with Crippen LogP contribution >= 0.6 is 0 Å². The topological polar surface area (TPSA) is 72.2 Å². The summed E-state index contributed by atoms with van der Waals surface area (Å²) in [6, 6.07) is 10.0. The van der Waals surface area contributed by atoms with Gasteiger partial charge in [-0.15, -0.1) is 0 Å². The van der Waals surface area contributed by atoms with Crippen LogP contribution in [-0.2, 0) is 16.4 Å². The average molecular weight is 296 g/mol. The van der Waals surface area contributed by atoms with E-state index in [0.29, 0.717) is 24.9 Å². The summed E-state index contributed by atoms with van der Waals surface area (Å²) in [4.78, 5) is 0. The molecular weight excluding hydrogens is 272 g/mol. The zero-order valence-corrected chi connectivity index (χ0v) is 12.6. The maximum atomic E-state index is 12.0. The fourth-order valence-electron chi connectivity index (χ4n) is 2.61. The van der Waals surface area contributed by atoms with E-state index in [1.165, 1.54) is 0 Å². The number of rotatable bonds is 6. The summed E-state index contributed by atoms with van der Waals surface area (Å²) in [6.07, 6.45) is 4.64. The highest BCUT2D eigenvalue weighted by Gasteiger charge is 2.20. The molecule has 20 heavy (non-hydrogen) atoms. The highest BCUT2D eigenvalue weighted by molar-refractivity contribution is 7.89. The summed E-state index contributed by atoms with van der Waals surface area (Å²) in [6.45, 7) is 0.559. The van der Waals surface area contributed by atoms with Crippen molar-refractivity contribution in [2.45, 2.75) is 38.1 Å². The molecule has 1 aromatic carbocycles. The smallest absolute Gasteiger partial charge is 0.211 e. The van der Waals surface area contributed by atoms with Gasteiger partial charge in [-0.1, -0.05) is 30.3 Å². The summed E-state index contributed by atoms with van der Waals surface area (Å²) in [5, 5.41) is 0. The second-order valence-corrected chi connectivity index (χ2v) is 7.61. The number of nitrogens with two attached hydrogens (primary N) is 1. The number of nitrogens with one attached hydrogen (secondary N) is 1. The number of hydrogen-bond acceptors (Lipinski definition) is 3. The third-order valence-corrected chi connectivity index (χ3v) is 5.33. The Bertz CT molecular complexity index is 494. The Labute approximate surface area is 121 Å². The van der Waals surface area contributed by atoms with Crippen molar-refractivity contribution in [1.29, 1.82) is 0 Å². The molecule has 1 fully saturated rings. The molecule has 1 aliphatic rings. The lowest BCUT2D eigenvalue weighted by Gasteiger charge is -2.26. The van der Waals surface area contributed by atoms with Crippen LogP contribution in [0.5, 0.6) is 0 Å². The van der Waals surface area contributed by atoms with Crippen molar-refractivity contribution in [3.8, 4) is 0 Å². The Kier molecular flexibility index (Phi) is 5.57. The van der Waals surface area contributed by atoms with Gasteiger partial charge in [0.15, 0.2) is 0 Å². The first-order valence-electron chi connectivity index (χ1n) is 7.32. The van der Waals surface area contributed by atoms with Crippen molar-refractivity contribution in [3.63, 3.8) is 0 Å². The van der Waals surface area contributed by atoms with Gasteiger partial charge in [-0.2, -0.15) is 0 Å². The van der Waals surface area contributed by atoms with Gasteiger partial charge in [-0.25, -0.2) is 13.1 Å². The van der Waals surface area contributed by atoms with Crippen LogP contribution in [0.1, 0.15) is 31.2 Å². The molecule has 2 rings (SSSR count). The van der Waals surface area contributed by atoms with Gasteiger partial charge in [0.05, 0.1) is 5.75 Å². The minimum Gasteiger partial charge on any atom is -0.328 e. The van der Waals surface area contributed by atoms with E-state index < -0.39 is 10.0 Å².